The normalized spacial score (nSPS) is 11.9. The van der Waals surface area contributed by atoms with Gasteiger partial charge < -0.3 is 11.2 Å². The topological polar surface area (TPSA) is 85.8 Å². The van der Waals surface area contributed by atoms with Crippen molar-refractivity contribution in [2.75, 3.05) is 11.6 Å². The Hall–Kier alpha value is -2.32. The molecule has 3 rings (SSSR count). The first-order chi connectivity index (χ1) is 13.6. The third-order valence-corrected chi connectivity index (χ3v) is 5.86. The van der Waals surface area contributed by atoms with E-state index in [4.69, 9.17) is 5.84 Å². The molecule has 2 aromatic carbocycles. The van der Waals surface area contributed by atoms with Crippen molar-refractivity contribution >= 4 is 33.6 Å². The number of hydrogen-bond acceptors (Lipinski definition) is 5. The summed E-state index contributed by atoms with van der Waals surface area (Å²) in [5, 5.41) is 11.9. The standard InChI is InChI=1S/C20H22BrN5OS/c1-2-8-17(14-9-4-3-5-10-14)23-18(27)13-28-20-25-24-19(26(20)22)15-11-6-7-12-16(15)21/h3-7,9-12,17H,2,8,13,22H2,1H3,(H,23,27). The molecule has 1 atom stereocenters. The molecule has 0 fully saturated rings. The van der Waals surface area contributed by atoms with Gasteiger partial charge >= 0.3 is 0 Å². The number of hydrogen-bond donors (Lipinski definition) is 2. The molecule has 8 heteroatoms. The highest BCUT2D eigenvalue weighted by molar-refractivity contribution is 9.10. The van der Waals surface area contributed by atoms with E-state index in [0.29, 0.717) is 11.0 Å². The van der Waals surface area contributed by atoms with Gasteiger partial charge in [0.05, 0.1) is 11.8 Å². The van der Waals surface area contributed by atoms with E-state index in [1.807, 2.05) is 54.6 Å². The lowest BCUT2D eigenvalue weighted by molar-refractivity contribution is -0.119. The van der Waals surface area contributed by atoms with Gasteiger partial charge in [-0.3, -0.25) is 4.79 Å². The molecule has 0 radical (unpaired) electrons. The Morgan fingerprint density at radius 2 is 1.89 bits per heavy atom. The predicted molar refractivity (Wildman–Crippen MR) is 116 cm³/mol. The number of carbonyl (C=O) groups excluding carboxylic acids is 1. The third kappa shape index (κ3) is 4.94. The Bertz CT molecular complexity index is 931. The van der Waals surface area contributed by atoms with Crippen LogP contribution in [0.15, 0.2) is 64.2 Å². The van der Waals surface area contributed by atoms with Gasteiger partial charge in [0.25, 0.3) is 0 Å². The molecule has 3 aromatic rings. The van der Waals surface area contributed by atoms with E-state index in [2.05, 4.69) is 38.4 Å². The number of carbonyl (C=O) groups is 1. The highest BCUT2D eigenvalue weighted by atomic mass is 79.9. The van der Waals surface area contributed by atoms with Gasteiger partial charge in [-0.1, -0.05) is 83.5 Å². The fourth-order valence-electron chi connectivity index (χ4n) is 2.86. The molecule has 6 nitrogen and oxygen atoms in total. The van der Waals surface area contributed by atoms with Gasteiger partial charge in [-0.05, 0) is 24.1 Å². The highest BCUT2D eigenvalue weighted by Gasteiger charge is 2.17. The van der Waals surface area contributed by atoms with Crippen molar-refractivity contribution in [3.8, 4) is 11.4 Å². The summed E-state index contributed by atoms with van der Waals surface area (Å²) in [7, 11) is 0. The molecule has 3 N–H and O–H groups in total. The number of thioether (sulfide) groups is 1. The van der Waals surface area contributed by atoms with E-state index in [0.717, 1.165) is 28.4 Å². The van der Waals surface area contributed by atoms with E-state index in [1.54, 1.807) is 0 Å². The fraction of sp³-hybridized carbons (Fsp3) is 0.250. The number of nitrogens with one attached hydrogen (secondary N) is 1. The Labute approximate surface area is 177 Å². The van der Waals surface area contributed by atoms with E-state index in [1.165, 1.54) is 16.4 Å². The molecule has 1 unspecified atom stereocenters. The maximum absolute atomic E-state index is 12.5. The van der Waals surface area contributed by atoms with Crippen LogP contribution in [0.4, 0.5) is 0 Å². The molecule has 0 spiro atoms. The summed E-state index contributed by atoms with van der Waals surface area (Å²) >= 11 is 4.76. The van der Waals surface area contributed by atoms with Gasteiger partial charge in [0.1, 0.15) is 0 Å². The summed E-state index contributed by atoms with van der Waals surface area (Å²) in [5.41, 5.74) is 1.96. The molecule has 146 valence electrons. The molecular weight excluding hydrogens is 438 g/mol. The van der Waals surface area contributed by atoms with Crippen molar-refractivity contribution < 1.29 is 4.79 Å². The van der Waals surface area contributed by atoms with Crippen LogP contribution in [0.5, 0.6) is 0 Å². The number of amides is 1. The maximum atomic E-state index is 12.5. The average Bonchev–Trinajstić information content (AvgIpc) is 3.07. The Kier molecular flexibility index (Phi) is 7.11. The van der Waals surface area contributed by atoms with Crippen molar-refractivity contribution in [2.45, 2.75) is 31.0 Å². The van der Waals surface area contributed by atoms with Gasteiger partial charge in [0.15, 0.2) is 5.82 Å². The largest absolute Gasteiger partial charge is 0.349 e. The molecule has 0 saturated carbocycles. The summed E-state index contributed by atoms with van der Waals surface area (Å²) in [4.78, 5) is 12.5. The van der Waals surface area contributed by atoms with Crippen LogP contribution in [0, 0.1) is 0 Å². The summed E-state index contributed by atoms with van der Waals surface area (Å²) in [5.74, 6) is 6.86. The minimum absolute atomic E-state index is 0.00545. The first kappa shape index (κ1) is 20.4. The number of nitrogen functional groups attached to an aromatic ring is 1. The van der Waals surface area contributed by atoms with Crippen molar-refractivity contribution in [3.05, 3.63) is 64.6 Å². The number of rotatable bonds is 8. The van der Waals surface area contributed by atoms with Crippen molar-refractivity contribution in [1.82, 2.24) is 20.2 Å². The fourth-order valence-corrected chi connectivity index (χ4v) is 3.99. The molecule has 0 aliphatic carbocycles. The summed E-state index contributed by atoms with van der Waals surface area (Å²) in [6.45, 7) is 2.11. The SMILES string of the molecule is CCCC(NC(=O)CSc1nnc(-c2ccccc2Br)n1N)c1ccccc1. The van der Waals surface area contributed by atoms with Gasteiger partial charge in [-0.15, -0.1) is 10.2 Å². The second-order valence-electron chi connectivity index (χ2n) is 6.26. The van der Waals surface area contributed by atoms with Crippen LogP contribution in [0.2, 0.25) is 0 Å². The van der Waals surface area contributed by atoms with Crippen LogP contribution in [-0.2, 0) is 4.79 Å². The van der Waals surface area contributed by atoms with E-state index >= 15 is 0 Å². The van der Waals surface area contributed by atoms with Gasteiger partial charge in [-0.2, -0.15) is 0 Å². The van der Waals surface area contributed by atoms with Crippen LogP contribution in [0.1, 0.15) is 31.4 Å². The summed E-state index contributed by atoms with van der Waals surface area (Å²) in [6, 6.07) is 17.7. The van der Waals surface area contributed by atoms with Gasteiger partial charge in [0.2, 0.25) is 11.1 Å². The Morgan fingerprint density at radius 3 is 2.61 bits per heavy atom. The smallest absolute Gasteiger partial charge is 0.230 e. The lowest BCUT2D eigenvalue weighted by Crippen LogP contribution is -2.30. The lowest BCUT2D eigenvalue weighted by Gasteiger charge is -2.18. The van der Waals surface area contributed by atoms with Crippen molar-refractivity contribution in [1.29, 1.82) is 0 Å². The number of nitrogens with zero attached hydrogens (tertiary/aromatic N) is 3. The van der Waals surface area contributed by atoms with Crippen LogP contribution in [0.25, 0.3) is 11.4 Å². The molecule has 1 amide bonds. The van der Waals surface area contributed by atoms with E-state index < -0.39 is 0 Å². The minimum atomic E-state index is -0.0576. The molecule has 28 heavy (non-hydrogen) atoms. The number of halogens is 1. The lowest BCUT2D eigenvalue weighted by atomic mass is 10.0. The first-order valence-electron chi connectivity index (χ1n) is 9.02. The molecule has 0 aliphatic rings. The first-order valence-corrected chi connectivity index (χ1v) is 10.8. The Balaban J connectivity index is 1.64. The molecular formula is C20H22BrN5OS. The monoisotopic (exact) mass is 459 g/mol. The minimum Gasteiger partial charge on any atom is -0.349 e. The quantitative estimate of drug-likeness (QED) is 0.389. The molecule has 1 aromatic heterocycles. The second kappa shape index (κ2) is 9.75. The predicted octanol–water partition coefficient (Wildman–Crippen LogP) is 4.17. The van der Waals surface area contributed by atoms with Crippen LogP contribution >= 0.6 is 27.7 Å². The zero-order chi connectivity index (χ0) is 19.9. The maximum Gasteiger partial charge on any atom is 0.230 e. The van der Waals surface area contributed by atoms with E-state index in [9.17, 15) is 4.79 Å². The second-order valence-corrected chi connectivity index (χ2v) is 8.06. The van der Waals surface area contributed by atoms with Crippen LogP contribution in [-0.4, -0.2) is 26.5 Å². The van der Waals surface area contributed by atoms with Gasteiger partial charge in [0, 0.05) is 10.0 Å². The van der Waals surface area contributed by atoms with Crippen molar-refractivity contribution in [2.24, 2.45) is 0 Å². The molecule has 1 heterocycles. The van der Waals surface area contributed by atoms with Crippen molar-refractivity contribution in [3.63, 3.8) is 0 Å². The molecule has 0 saturated heterocycles. The molecule has 0 aliphatic heterocycles. The number of nitrogens with two attached hydrogens (primary N) is 1. The van der Waals surface area contributed by atoms with E-state index in [-0.39, 0.29) is 17.7 Å². The summed E-state index contributed by atoms with van der Waals surface area (Å²) < 4.78 is 2.30. The molecule has 0 bridgehead atoms. The van der Waals surface area contributed by atoms with Gasteiger partial charge in [-0.25, -0.2) is 4.68 Å². The average molecular weight is 460 g/mol. The zero-order valence-corrected chi connectivity index (χ0v) is 17.9. The highest BCUT2D eigenvalue weighted by Crippen LogP contribution is 2.28. The zero-order valence-electron chi connectivity index (χ0n) is 15.5. The third-order valence-electron chi connectivity index (χ3n) is 4.23. The van der Waals surface area contributed by atoms with Crippen LogP contribution < -0.4 is 11.2 Å². The van der Waals surface area contributed by atoms with Crippen LogP contribution in [0.3, 0.4) is 0 Å². The summed E-state index contributed by atoms with van der Waals surface area (Å²) in [6.07, 6.45) is 1.87. The number of aromatic nitrogens is 3. The number of benzene rings is 2. The Morgan fingerprint density at radius 1 is 1.18 bits per heavy atom.